The van der Waals surface area contributed by atoms with Crippen molar-refractivity contribution in [3.63, 3.8) is 0 Å². The van der Waals surface area contributed by atoms with Crippen LogP contribution in [-0.4, -0.2) is 23.0 Å². The molecular weight excluding hydrogens is 272 g/mol. The average molecular weight is 286 g/mol. The fraction of sp³-hybridized carbons (Fsp3) is 0.143. The van der Waals surface area contributed by atoms with Gasteiger partial charge in [0.05, 0.1) is 22.4 Å². The molecule has 2 rings (SSSR count). The fourth-order valence-electron chi connectivity index (χ4n) is 1.91. The zero-order chi connectivity index (χ0) is 15.4. The number of allylic oxidation sites excluding steroid dienone is 1. The van der Waals surface area contributed by atoms with E-state index < -0.39 is 11.0 Å². The van der Waals surface area contributed by atoms with Crippen LogP contribution in [0.15, 0.2) is 52.8 Å². The first-order chi connectivity index (χ1) is 10.0. The Balaban J connectivity index is 2.25. The van der Waals surface area contributed by atoms with E-state index in [1.54, 1.807) is 24.3 Å². The Morgan fingerprint density at radius 3 is 2.52 bits per heavy atom. The number of nitrogens with two attached hydrogens (primary N) is 2. The van der Waals surface area contributed by atoms with Crippen LogP contribution in [0.25, 0.3) is 0 Å². The van der Waals surface area contributed by atoms with Gasteiger partial charge in [-0.3, -0.25) is 15.1 Å². The predicted octanol–water partition coefficient (Wildman–Crippen LogP) is 0.845. The molecule has 0 fully saturated rings. The molecule has 0 saturated carbocycles. The third-order valence-electron chi connectivity index (χ3n) is 3.07. The largest absolute Gasteiger partial charge is 0.395 e. The van der Waals surface area contributed by atoms with Crippen LogP contribution >= 0.6 is 0 Å². The second-order valence-electron chi connectivity index (χ2n) is 4.48. The summed E-state index contributed by atoms with van der Waals surface area (Å²) in [5.41, 5.74) is 13.3. The number of rotatable bonds is 4. The van der Waals surface area contributed by atoms with Crippen molar-refractivity contribution in [1.82, 2.24) is 0 Å². The molecule has 4 N–H and O–H groups in total. The minimum absolute atomic E-state index is 0.0150. The summed E-state index contributed by atoms with van der Waals surface area (Å²) >= 11 is 0. The molecule has 1 unspecified atom stereocenters. The van der Waals surface area contributed by atoms with Gasteiger partial charge in [0.1, 0.15) is 12.0 Å². The molecule has 0 saturated heterocycles. The number of hydrogen-bond acceptors (Lipinski definition) is 6. The molecule has 21 heavy (non-hydrogen) atoms. The topological polar surface area (TPSA) is 125 Å². The molecule has 0 spiro atoms. The molecule has 1 aliphatic rings. The maximum Gasteiger partial charge on any atom is 0.290 e. The molecule has 1 atom stereocenters. The lowest BCUT2D eigenvalue weighted by Gasteiger charge is -2.16. The Hall–Kier alpha value is -2.80. The van der Waals surface area contributed by atoms with Crippen LogP contribution in [0.2, 0.25) is 0 Å². The van der Waals surface area contributed by atoms with E-state index >= 15 is 0 Å². The number of carbonyl (C=O) groups is 1. The van der Waals surface area contributed by atoms with Gasteiger partial charge in [-0.2, -0.15) is 0 Å². The van der Waals surface area contributed by atoms with Crippen LogP contribution in [-0.2, 0) is 11.2 Å². The molecule has 0 radical (unpaired) electrons. The van der Waals surface area contributed by atoms with Gasteiger partial charge in [-0.15, -0.1) is 0 Å². The van der Waals surface area contributed by atoms with Crippen molar-refractivity contribution < 1.29 is 9.72 Å². The monoisotopic (exact) mass is 286 g/mol. The summed E-state index contributed by atoms with van der Waals surface area (Å²) in [6, 6.07) is 6.25. The maximum atomic E-state index is 10.8. The highest BCUT2D eigenvalue weighted by atomic mass is 16.6. The van der Waals surface area contributed by atoms with Crippen molar-refractivity contribution in [1.29, 1.82) is 0 Å². The van der Waals surface area contributed by atoms with Crippen LogP contribution in [0, 0.1) is 10.1 Å². The molecule has 7 heteroatoms. The normalized spacial score (nSPS) is 19.9. The molecule has 0 heterocycles. The van der Waals surface area contributed by atoms with Gasteiger partial charge in [-0.25, -0.2) is 0 Å². The van der Waals surface area contributed by atoms with E-state index in [0.717, 1.165) is 11.8 Å². The van der Waals surface area contributed by atoms with Gasteiger partial charge in [0.2, 0.25) is 0 Å². The number of nitro groups is 1. The Bertz CT molecular complexity index is 659. The van der Waals surface area contributed by atoms with Crippen molar-refractivity contribution in [3.05, 3.63) is 63.5 Å². The van der Waals surface area contributed by atoms with Gasteiger partial charge >= 0.3 is 0 Å². The van der Waals surface area contributed by atoms with Gasteiger partial charge in [0, 0.05) is 12.5 Å². The van der Waals surface area contributed by atoms with Crippen LogP contribution in [0.3, 0.4) is 0 Å². The van der Waals surface area contributed by atoms with Gasteiger partial charge in [0.15, 0.2) is 0 Å². The number of nitrogens with zero attached hydrogens (tertiary/aromatic N) is 2. The third-order valence-corrected chi connectivity index (χ3v) is 3.07. The van der Waals surface area contributed by atoms with Gasteiger partial charge in [-0.1, -0.05) is 12.1 Å². The molecule has 7 nitrogen and oxygen atoms in total. The molecule has 0 aromatic heterocycles. The number of aldehydes is 1. The van der Waals surface area contributed by atoms with E-state index in [0.29, 0.717) is 17.8 Å². The summed E-state index contributed by atoms with van der Waals surface area (Å²) in [5.74, 6) is 0. The average Bonchev–Trinajstić information content (AvgIpc) is 2.46. The van der Waals surface area contributed by atoms with E-state index in [-0.39, 0.29) is 11.4 Å². The summed E-state index contributed by atoms with van der Waals surface area (Å²) < 4.78 is 0. The van der Waals surface area contributed by atoms with E-state index in [9.17, 15) is 14.9 Å². The summed E-state index contributed by atoms with van der Waals surface area (Å²) in [5, 5.41) is 10.8. The van der Waals surface area contributed by atoms with Crippen LogP contribution in [0.1, 0.15) is 5.56 Å². The lowest BCUT2D eigenvalue weighted by Crippen LogP contribution is -2.38. The molecular formula is C14H14N4O3. The summed E-state index contributed by atoms with van der Waals surface area (Å²) in [6.07, 6.45) is 3.94. The molecule has 0 bridgehead atoms. The van der Waals surface area contributed by atoms with Gasteiger partial charge in [-0.05, 0) is 23.8 Å². The van der Waals surface area contributed by atoms with E-state index in [1.807, 2.05) is 0 Å². The summed E-state index contributed by atoms with van der Waals surface area (Å²) in [7, 11) is 0. The van der Waals surface area contributed by atoms with Crippen molar-refractivity contribution in [2.45, 2.75) is 12.5 Å². The minimum atomic E-state index is -0.815. The van der Waals surface area contributed by atoms with E-state index in [2.05, 4.69) is 4.99 Å². The molecule has 0 aliphatic heterocycles. The number of benzene rings is 1. The SMILES string of the molecule is NC1=C([N+](=O)[O-])C=CC(=Nc2ccc(CC=O)cc2)C1N. The van der Waals surface area contributed by atoms with Crippen molar-refractivity contribution >= 4 is 17.7 Å². The molecule has 1 aliphatic carbocycles. The number of carbonyl (C=O) groups excluding carboxylic acids is 1. The number of aliphatic imine (C=N–C) groups is 1. The first-order valence-corrected chi connectivity index (χ1v) is 6.21. The summed E-state index contributed by atoms with van der Waals surface area (Å²) in [4.78, 5) is 24.9. The lowest BCUT2D eigenvalue weighted by atomic mass is 10.0. The Labute approximate surface area is 120 Å². The van der Waals surface area contributed by atoms with Crippen molar-refractivity contribution in [3.8, 4) is 0 Å². The smallest absolute Gasteiger partial charge is 0.290 e. The zero-order valence-corrected chi connectivity index (χ0v) is 11.1. The molecule has 108 valence electrons. The van der Waals surface area contributed by atoms with Gasteiger partial charge in [0.25, 0.3) is 5.70 Å². The lowest BCUT2D eigenvalue weighted by molar-refractivity contribution is -0.420. The van der Waals surface area contributed by atoms with E-state index in [1.165, 1.54) is 12.2 Å². The molecule has 1 aromatic rings. The number of hydrogen-bond donors (Lipinski definition) is 2. The van der Waals surface area contributed by atoms with E-state index in [4.69, 9.17) is 11.5 Å². The fourth-order valence-corrected chi connectivity index (χ4v) is 1.91. The first-order valence-electron chi connectivity index (χ1n) is 6.21. The Morgan fingerprint density at radius 2 is 1.95 bits per heavy atom. The second kappa shape index (κ2) is 6.10. The third kappa shape index (κ3) is 3.21. The Morgan fingerprint density at radius 1 is 1.29 bits per heavy atom. The van der Waals surface area contributed by atoms with Crippen molar-refractivity contribution in [2.24, 2.45) is 16.5 Å². The highest BCUT2D eigenvalue weighted by Crippen LogP contribution is 2.18. The highest BCUT2D eigenvalue weighted by molar-refractivity contribution is 6.04. The van der Waals surface area contributed by atoms with Crippen LogP contribution in [0.4, 0.5) is 5.69 Å². The minimum Gasteiger partial charge on any atom is -0.395 e. The Kier molecular flexibility index (Phi) is 4.24. The highest BCUT2D eigenvalue weighted by Gasteiger charge is 2.26. The summed E-state index contributed by atoms with van der Waals surface area (Å²) in [6.45, 7) is 0. The first kappa shape index (κ1) is 14.6. The quantitative estimate of drug-likeness (QED) is 0.482. The predicted molar refractivity (Wildman–Crippen MR) is 78.6 cm³/mol. The van der Waals surface area contributed by atoms with Gasteiger partial charge < -0.3 is 16.3 Å². The maximum absolute atomic E-state index is 10.8. The second-order valence-corrected chi connectivity index (χ2v) is 4.48. The van der Waals surface area contributed by atoms with Crippen LogP contribution in [0.5, 0.6) is 0 Å². The zero-order valence-electron chi connectivity index (χ0n) is 11.1. The molecule has 0 amide bonds. The molecule has 1 aromatic carbocycles. The van der Waals surface area contributed by atoms with Crippen molar-refractivity contribution in [2.75, 3.05) is 0 Å². The van der Waals surface area contributed by atoms with Crippen LogP contribution < -0.4 is 11.5 Å². The standard InChI is InChI=1S/C14H14N4O3/c15-13-11(5-6-12(14(13)16)18(20)21)17-10-3-1-9(2-4-10)7-8-19/h1-6,8,13H,7,15-16H2.